The zero-order chi connectivity index (χ0) is 15.3. The van der Waals surface area contributed by atoms with Crippen LogP contribution in [0.2, 0.25) is 0 Å². The first-order chi connectivity index (χ1) is 10.3. The molecule has 0 aliphatic rings. The molecular weight excluding hydrogens is 262 g/mol. The first-order valence-electron chi connectivity index (χ1n) is 8.23. The lowest BCUT2D eigenvalue weighted by Crippen LogP contribution is -2.15. The summed E-state index contributed by atoms with van der Waals surface area (Å²) >= 11 is 0. The highest BCUT2D eigenvalue weighted by Crippen LogP contribution is 2.24. The van der Waals surface area contributed by atoms with Crippen LogP contribution in [0.3, 0.4) is 0 Å². The van der Waals surface area contributed by atoms with E-state index in [0.29, 0.717) is 0 Å². The Labute approximate surface area is 130 Å². The number of methoxy groups -OCH3 is 2. The lowest BCUT2D eigenvalue weighted by atomic mass is 10.1. The second kappa shape index (κ2) is 11.4. The number of rotatable bonds is 12. The van der Waals surface area contributed by atoms with Crippen molar-refractivity contribution in [1.82, 2.24) is 5.32 Å². The van der Waals surface area contributed by atoms with E-state index >= 15 is 0 Å². The molecule has 3 nitrogen and oxygen atoms in total. The standard InChI is InChI=1S/C18H31NO2/c1-4-5-6-7-8-9-10-13-19-15-16-11-12-17(20-2)14-18(16)21-3/h11-12,14,19H,4-10,13,15H2,1-3H3. The minimum Gasteiger partial charge on any atom is -0.497 e. The molecular formula is C18H31NO2. The molecule has 0 saturated carbocycles. The predicted molar refractivity (Wildman–Crippen MR) is 89.2 cm³/mol. The zero-order valence-corrected chi connectivity index (χ0v) is 13.9. The number of hydrogen-bond donors (Lipinski definition) is 1. The SMILES string of the molecule is CCCCCCCCCNCc1ccc(OC)cc1OC. The van der Waals surface area contributed by atoms with E-state index in [1.807, 2.05) is 12.1 Å². The van der Waals surface area contributed by atoms with Crippen molar-refractivity contribution in [2.24, 2.45) is 0 Å². The molecule has 0 aliphatic carbocycles. The molecule has 0 saturated heterocycles. The van der Waals surface area contributed by atoms with Gasteiger partial charge in [0.25, 0.3) is 0 Å². The summed E-state index contributed by atoms with van der Waals surface area (Å²) in [6.07, 6.45) is 9.45. The Morgan fingerprint density at radius 1 is 0.905 bits per heavy atom. The fourth-order valence-electron chi connectivity index (χ4n) is 2.43. The van der Waals surface area contributed by atoms with Crippen molar-refractivity contribution in [3.63, 3.8) is 0 Å². The Morgan fingerprint density at radius 3 is 2.29 bits per heavy atom. The van der Waals surface area contributed by atoms with Gasteiger partial charge in [0.1, 0.15) is 11.5 Å². The van der Waals surface area contributed by atoms with Crippen LogP contribution >= 0.6 is 0 Å². The highest BCUT2D eigenvalue weighted by Gasteiger charge is 2.04. The van der Waals surface area contributed by atoms with Crippen molar-refractivity contribution >= 4 is 0 Å². The number of benzene rings is 1. The molecule has 21 heavy (non-hydrogen) atoms. The molecule has 1 aromatic rings. The summed E-state index contributed by atoms with van der Waals surface area (Å²) < 4.78 is 10.6. The molecule has 1 aromatic carbocycles. The second-order valence-corrected chi connectivity index (χ2v) is 5.48. The molecule has 0 spiro atoms. The van der Waals surface area contributed by atoms with Crippen molar-refractivity contribution < 1.29 is 9.47 Å². The van der Waals surface area contributed by atoms with Gasteiger partial charge in [-0.2, -0.15) is 0 Å². The van der Waals surface area contributed by atoms with E-state index < -0.39 is 0 Å². The molecule has 0 atom stereocenters. The molecule has 0 heterocycles. The number of unbranched alkanes of at least 4 members (excludes halogenated alkanes) is 6. The summed E-state index contributed by atoms with van der Waals surface area (Å²) in [6.45, 7) is 4.18. The van der Waals surface area contributed by atoms with Gasteiger partial charge in [-0.05, 0) is 19.0 Å². The van der Waals surface area contributed by atoms with E-state index in [1.165, 1.54) is 50.5 Å². The first kappa shape index (κ1) is 17.8. The monoisotopic (exact) mass is 293 g/mol. The van der Waals surface area contributed by atoms with Gasteiger partial charge in [-0.25, -0.2) is 0 Å². The van der Waals surface area contributed by atoms with Gasteiger partial charge in [0.05, 0.1) is 14.2 Å². The summed E-state index contributed by atoms with van der Waals surface area (Å²) in [5.74, 6) is 1.73. The molecule has 3 heteroatoms. The van der Waals surface area contributed by atoms with Crippen LogP contribution in [0.5, 0.6) is 11.5 Å². The summed E-state index contributed by atoms with van der Waals surface area (Å²) in [5, 5.41) is 3.50. The first-order valence-corrected chi connectivity index (χ1v) is 8.23. The van der Waals surface area contributed by atoms with Crippen LogP contribution in [0.4, 0.5) is 0 Å². The van der Waals surface area contributed by atoms with Crippen molar-refractivity contribution in [2.45, 2.75) is 58.4 Å². The van der Waals surface area contributed by atoms with Gasteiger partial charge in [-0.15, -0.1) is 0 Å². The normalized spacial score (nSPS) is 10.6. The maximum absolute atomic E-state index is 5.40. The van der Waals surface area contributed by atoms with Crippen LogP contribution in [0.1, 0.15) is 57.4 Å². The van der Waals surface area contributed by atoms with Crippen LogP contribution in [-0.4, -0.2) is 20.8 Å². The van der Waals surface area contributed by atoms with E-state index in [9.17, 15) is 0 Å². The quantitative estimate of drug-likeness (QED) is 0.574. The third kappa shape index (κ3) is 7.37. The molecule has 0 aliphatic heterocycles. The van der Waals surface area contributed by atoms with E-state index in [-0.39, 0.29) is 0 Å². The van der Waals surface area contributed by atoms with E-state index in [2.05, 4.69) is 18.3 Å². The van der Waals surface area contributed by atoms with Crippen molar-refractivity contribution in [3.05, 3.63) is 23.8 Å². The topological polar surface area (TPSA) is 30.5 Å². The third-order valence-corrected chi connectivity index (χ3v) is 3.77. The fraction of sp³-hybridized carbons (Fsp3) is 0.667. The van der Waals surface area contributed by atoms with Gasteiger partial charge >= 0.3 is 0 Å². The van der Waals surface area contributed by atoms with E-state index in [1.54, 1.807) is 14.2 Å². The molecule has 0 aromatic heterocycles. The summed E-state index contributed by atoms with van der Waals surface area (Å²) in [7, 11) is 3.38. The summed E-state index contributed by atoms with van der Waals surface area (Å²) in [4.78, 5) is 0. The minimum absolute atomic E-state index is 0.836. The highest BCUT2D eigenvalue weighted by molar-refractivity contribution is 5.40. The molecule has 0 fully saturated rings. The maximum Gasteiger partial charge on any atom is 0.127 e. The van der Waals surface area contributed by atoms with Gasteiger partial charge in [0, 0.05) is 18.2 Å². The summed E-state index contributed by atoms with van der Waals surface area (Å²) in [5.41, 5.74) is 1.18. The molecule has 0 bridgehead atoms. The van der Waals surface area contributed by atoms with Crippen LogP contribution in [0, 0.1) is 0 Å². The Kier molecular flexibility index (Phi) is 9.71. The molecule has 1 rings (SSSR count). The Balaban J connectivity index is 2.15. The Morgan fingerprint density at radius 2 is 1.62 bits per heavy atom. The number of nitrogens with one attached hydrogen (secondary N) is 1. The Hall–Kier alpha value is -1.22. The smallest absolute Gasteiger partial charge is 0.127 e. The molecule has 0 amide bonds. The summed E-state index contributed by atoms with van der Waals surface area (Å²) in [6, 6.07) is 5.98. The second-order valence-electron chi connectivity index (χ2n) is 5.48. The highest BCUT2D eigenvalue weighted by atomic mass is 16.5. The molecule has 0 unspecified atom stereocenters. The maximum atomic E-state index is 5.40. The van der Waals surface area contributed by atoms with Crippen LogP contribution < -0.4 is 14.8 Å². The zero-order valence-electron chi connectivity index (χ0n) is 13.9. The van der Waals surface area contributed by atoms with Crippen molar-refractivity contribution in [2.75, 3.05) is 20.8 Å². The molecule has 120 valence electrons. The number of hydrogen-bond acceptors (Lipinski definition) is 3. The average Bonchev–Trinajstić information content (AvgIpc) is 2.53. The lowest BCUT2D eigenvalue weighted by Gasteiger charge is -2.11. The molecule has 0 radical (unpaired) electrons. The van der Waals surface area contributed by atoms with Gasteiger partial charge in [0.2, 0.25) is 0 Å². The van der Waals surface area contributed by atoms with E-state index in [0.717, 1.165) is 24.6 Å². The van der Waals surface area contributed by atoms with Gasteiger partial charge in [-0.1, -0.05) is 51.5 Å². The van der Waals surface area contributed by atoms with Gasteiger partial charge in [0.15, 0.2) is 0 Å². The fourth-order valence-corrected chi connectivity index (χ4v) is 2.43. The van der Waals surface area contributed by atoms with Crippen molar-refractivity contribution in [3.8, 4) is 11.5 Å². The van der Waals surface area contributed by atoms with Crippen LogP contribution in [0.15, 0.2) is 18.2 Å². The predicted octanol–water partition coefficient (Wildman–Crippen LogP) is 4.54. The number of ether oxygens (including phenoxy) is 2. The molecule has 1 N–H and O–H groups in total. The average molecular weight is 293 g/mol. The minimum atomic E-state index is 0.836. The lowest BCUT2D eigenvalue weighted by molar-refractivity contribution is 0.389. The third-order valence-electron chi connectivity index (χ3n) is 3.77. The largest absolute Gasteiger partial charge is 0.497 e. The van der Waals surface area contributed by atoms with Gasteiger partial charge < -0.3 is 14.8 Å². The van der Waals surface area contributed by atoms with Gasteiger partial charge in [-0.3, -0.25) is 0 Å². The van der Waals surface area contributed by atoms with Crippen LogP contribution in [0.25, 0.3) is 0 Å². The van der Waals surface area contributed by atoms with Crippen LogP contribution in [-0.2, 0) is 6.54 Å². The Bertz CT molecular complexity index is 379. The van der Waals surface area contributed by atoms with E-state index in [4.69, 9.17) is 9.47 Å². The van der Waals surface area contributed by atoms with Crippen molar-refractivity contribution in [1.29, 1.82) is 0 Å².